The van der Waals surface area contributed by atoms with Gasteiger partial charge in [0.05, 0.1) is 5.41 Å². The number of benzene rings is 1. The van der Waals surface area contributed by atoms with E-state index in [0.29, 0.717) is 12.8 Å². The molecule has 1 aliphatic heterocycles. The fourth-order valence-electron chi connectivity index (χ4n) is 3.57. The van der Waals surface area contributed by atoms with Gasteiger partial charge in [0, 0.05) is 13.1 Å². The van der Waals surface area contributed by atoms with Crippen molar-refractivity contribution in [2.75, 3.05) is 13.1 Å². The summed E-state index contributed by atoms with van der Waals surface area (Å²) in [6.07, 6.45) is 1.98. The lowest BCUT2D eigenvalue weighted by Gasteiger charge is -2.23. The Bertz CT molecular complexity index is 690. The number of carboxylic acid groups (broad SMARTS) is 1. The monoisotopic (exact) mass is 313 g/mol. The Hall–Kier alpha value is -1.47. The summed E-state index contributed by atoms with van der Waals surface area (Å²) in [5.74, 6) is -1.94. The average Bonchev–Trinajstić information content (AvgIpc) is 2.96. The van der Waals surface area contributed by atoms with E-state index in [-0.39, 0.29) is 23.9 Å². The van der Waals surface area contributed by atoms with Crippen molar-refractivity contribution in [3.8, 4) is 0 Å². The summed E-state index contributed by atoms with van der Waals surface area (Å²) in [4.78, 5) is 11.2. The van der Waals surface area contributed by atoms with Crippen LogP contribution >= 0.6 is 0 Å². The topological polar surface area (TPSA) is 74.7 Å². The molecule has 0 amide bonds. The second-order valence-corrected chi connectivity index (χ2v) is 7.68. The molecule has 0 unspecified atom stereocenters. The van der Waals surface area contributed by atoms with E-state index < -0.39 is 27.2 Å². The molecule has 2 atom stereocenters. The SMILES string of the molecule is O=C(O)[C@@]12CCC[C@H]1CN(S(=O)(=O)c1ccccc1F)C2. The molecule has 2 aliphatic rings. The zero-order chi connectivity index (χ0) is 15.3. The van der Waals surface area contributed by atoms with Crippen LogP contribution in [0.25, 0.3) is 0 Å². The lowest BCUT2D eigenvalue weighted by Crippen LogP contribution is -2.37. The van der Waals surface area contributed by atoms with E-state index in [0.717, 1.165) is 16.8 Å². The molecule has 7 heteroatoms. The van der Waals surface area contributed by atoms with Crippen molar-refractivity contribution < 1.29 is 22.7 Å². The third-order valence-corrected chi connectivity index (χ3v) is 6.56. The molecule has 1 aromatic carbocycles. The highest BCUT2D eigenvalue weighted by Gasteiger charge is 2.57. The highest BCUT2D eigenvalue weighted by Crippen LogP contribution is 2.50. The van der Waals surface area contributed by atoms with Crippen molar-refractivity contribution in [3.05, 3.63) is 30.1 Å². The summed E-state index contributed by atoms with van der Waals surface area (Å²) in [6.45, 7) is 0.0899. The van der Waals surface area contributed by atoms with Gasteiger partial charge >= 0.3 is 5.97 Å². The van der Waals surface area contributed by atoms with Crippen molar-refractivity contribution in [1.82, 2.24) is 4.31 Å². The van der Waals surface area contributed by atoms with Gasteiger partial charge in [0.2, 0.25) is 10.0 Å². The number of carbonyl (C=O) groups is 1. The van der Waals surface area contributed by atoms with Crippen LogP contribution in [0.2, 0.25) is 0 Å². The van der Waals surface area contributed by atoms with Gasteiger partial charge in [-0.2, -0.15) is 4.31 Å². The van der Waals surface area contributed by atoms with Crippen molar-refractivity contribution in [3.63, 3.8) is 0 Å². The molecule has 0 bridgehead atoms. The lowest BCUT2D eigenvalue weighted by atomic mass is 9.81. The Balaban J connectivity index is 1.96. The van der Waals surface area contributed by atoms with Gasteiger partial charge in [-0.15, -0.1) is 0 Å². The molecule has 2 fully saturated rings. The molecule has 1 aromatic rings. The average molecular weight is 313 g/mol. The van der Waals surface area contributed by atoms with Crippen LogP contribution < -0.4 is 0 Å². The van der Waals surface area contributed by atoms with Gasteiger partial charge in [-0.25, -0.2) is 12.8 Å². The van der Waals surface area contributed by atoms with E-state index in [1.807, 2.05) is 0 Å². The van der Waals surface area contributed by atoms with E-state index in [1.165, 1.54) is 18.2 Å². The number of aliphatic carboxylic acids is 1. The van der Waals surface area contributed by atoms with Gasteiger partial charge in [0.25, 0.3) is 0 Å². The largest absolute Gasteiger partial charge is 0.481 e. The summed E-state index contributed by atoms with van der Waals surface area (Å²) >= 11 is 0. The smallest absolute Gasteiger partial charge is 0.311 e. The second-order valence-electron chi connectivity index (χ2n) is 5.78. The summed E-state index contributed by atoms with van der Waals surface area (Å²) < 4.78 is 40.0. The predicted octanol–water partition coefficient (Wildman–Crippen LogP) is 1.70. The molecular formula is C14H16FNO4S. The third kappa shape index (κ3) is 2.06. The van der Waals surface area contributed by atoms with Crippen LogP contribution in [0, 0.1) is 17.2 Å². The summed E-state index contributed by atoms with van der Waals surface area (Å²) in [6, 6.07) is 5.19. The molecule has 3 rings (SSSR count). The lowest BCUT2D eigenvalue weighted by molar-refractivity contribution is -0.149. The zero-order valence-corrected chi connectivity index (χ0v) is 12.1. The quantitative estimate of drug-likeness (QED) is 0.921. The second kappa shape index (κ2) is 4.78. The molecule has 1 saturated carbocycles. The van der Waals surface area contributed by atoms with Gasteiger partial charge in [0.15, 0.2) is 0 Å². The van der Waals surface area contributed by atoms with Crippen LogP contribution in [0.15, 0.2) is 29.2 Å². The Morgan fingerprint density at radius 1 is 1.38 bits per heavy atom. The summed E-state index contributed by atoms with van der Waals surface area (Å²) in [5, 5.41) is 9.49. The number of carboxylic acids is 1. The molecule has 1 aliphatic carbocycles. The first-order valence-electron chi connectivity index (χ1n) is 6.86. The van der Waals surface area contributed by atoms with Gasteiger partial charge in [-0.05, 0) is 30.9 Å². The molecule has 1 saturated heterocycles. The van der Waals surface area contributed by atoms with Crippen LogP contribution in [0.1, 0.15) is 19.3 Å². The van der Waals surface area contributed by atoms with Gasteiger partial charge in [-0.1, -0.05) is 18.6 Å². The van der Waals surface area contributed by atoms with Gasteiger partial charge in [0.1, 0.15) is 10.7 Å². The number of halogens is 1. The first-order chi connectivity index (χ1) is 9.88. The van der Waals surface area contributed by atoms with Gasteiger partial charge in [-0.3, -0.25) is 4.79 Å². The standard InChI is InChI=1S/C14H16FNO4S/c15-11-5-1-2-6-12(11)21(19,20)16-8-10-4-3-7-14(10,9-16)13(17)18/h1-2,5-6,10H,3-4,7-9H2,(H,17,18)/t10-,14+/m0/s1. The molecule has 5 nitrogen and oxygen atoms in total. The number of fused-ring (bicyclic) bond motifs is 1. The number of rotatable bonds is 3. The maximum absolute atomic E-state index is 13.8. The van der Waals surface area contributed by atoms with Crippen molar-refractivity contribution in [1.29, 1.82) is 0 Å². The van der Waals surface area contributed by atoms with Crippen LogP contribution in [0.5, 0.6) is 0 Å². The minimum absolute atomic E-state index is 0.0658. The fourth-order valence-corrected chi connectivity index (χ4v) is 5.19. The van der Waals surface area contributed by atoms with E-state index in [4.69, 9.17) is 0 Å². The Morgan fingerprint density at radius 3 is 2.71 bits per heavy atom. The Morgan fingerprint density at radius 2 is 2.10 bits per heavy atom. The molecule has 21 heavy (non-hydrogen) atoms. The molecular weight excluding hydrogens is 297 g/mol. The first kappa shape index (κ1) is 14.5. The molecule has 0 radical (unpaired) electrons. The van der Waals surface area contributed by atoms with Crippen molar-refractivity contribution in [2.24, 2.45) is 11.3 Å². The van der Waals surface area contributed by atoms with Crippen LogP contribution in [0.4, 0.5) is 4.39 Å². The molecule has 1 N–H and O–H groups in total. The maximum atomic E-state index is 13.8. The zero-order valence-electron chi connectivity index (χ0n) is 11.3. The van der Waals surface area contributed by atoms with Crippen LogP contribution in [0.3, 0.4) is 0 Å². The molecule has 114 valence electrons. The third-order valence-electron chi connectivity index (χ3n) is 4.72. The van der Waals surface area contributed by atoms with E-state index in [1.54, 1.807) is 0 Å². The normalized spacial score (nSPS) is 29.5. The van der Waals surface area contributed by atoms with Crippen LogP contribution in [-0.2, 0) is 14.8 Å². The first-order valence-corrected chi connectivity index (χ1v) is 8.30. The summed E-state index contributed by atoms with van der Waals surface area (Å²) in [5.41, 5.74) is -1.00. The Kier molecular flexibility index (Phi) is 3.29. The van der Waals surface area contributed by atoms with Crippen LogP contribution in [-0.4, -0.2) is 36.9 Å². The minimum Gasteiger partial charge on any atom is -0.481 e. The van der Waals surface area contributed by atoms with Gasteiger partial charge < -0.3 is 5.11 Å². The highest BCUT2D eigenvalue weighted by atomic mass is 32.2. The van der Waals surface area contributed by atoms with E-state index in [2.05, 4.69) is 0 Å². The fraction of sp³-hybridized carbons (Fsp3) is 0.500. The van der Waals surface area contributed by atoms with E-state index in [9.17, 15) is 22.7 Å². The Labute approximate surface area is 122 Å². The van der Waals surface area contributed by atoms with Crippen molar-refractivity contribution in [2.45, 2.75) is 24.2 Å². The predicted molar refractivity (Wildman–Crippen MR) is 72.6 cm³/mol. The molecule has 1 heterocycles. The number of sulfonamides is 1. The number of hydrogen-bond donors (Lipinski definition) is 1. The maximum Gasteiger partial charge on any atom is 0.311 e. The molecule has 0 spiro atoms. The number of nitrogens with zero attached hydrogens (tertiary/aromatic N) is 1. The van der Waals surface area contributed by atoms with E-state index >= 15 is 0 Å². The van der Waals surface area contributed by atoms with Crippen molar-refractivity contribution >= 4 is 16.0 Å². The number of hydrogen-bond acceptors (Lipinski definition) is 3. The molecule has 0 aromatic heterocycles. The summed E-state index contributed by atoms with van der Waals surface area (Å²) in [7, 11) is -3.99. The highest BCUT2D eigenvalue weighted by molar-refractivity contribution is 7.89. The minimum atomic E-state index is -3.99.